The Bertz CT molecular complexity index is 1180. The van der Waals surface area contributed by atoms with Crippen LogP contribution in [0.15, 0.2) is 24.3 Å². The number of aryl methyl sites for hydroxylation is 3. The monoisotopic (exact) mass is 468 g/mol. The zero-order valence-electron chi connectivity index (χ0n) is 20.0. The van der Waals surface area contributed by atoms with Gasteiger partial charge in [0.15, 0.2) is 11.6 Å². The van der Waals surface area contributed by atoms with Gasteiger partial charge in [-0.2, -0.15) is 5.10 Å². The van der Waals surface area contributed by atoms with Crippen molar-refractivity contribution in [2.24, 2.45) is 0 Å². The lowest BCUT2D eigenvalue weighted by Gasteiger charge is -2.32. The highest BCUT2D eigenvalue weighted by Crippen LogP contribution is 2.19. The second kappa shape index (κ2) is 9.97. The molecule has 0 spiro atoms. The topological polar surface area (TPSA) is 75.9 Å². The lowest BCUT2D eigenvalue weighted by Crippen LogP contribution is -2.44. The molecule has 180 valence electrons. The number of nitrogens with one attached hydrogen (secondary N) is 1. The number of amides is 1. The zero-order chi connectivity index (χ0) is 24.4. The predicted molar refractivity (Wildman–Crippen MR) is 125 cm³/mol. The number of hydrogen-bond donors (Lipinski definition) is 1. The van der Waals surface area contributed by atoms with Crippen molar-refractivity contribution < 1.29 is 13.6 Å². The first-order valence-corrected chi connectivity index (χ1v) is 11.5. The molecule has 1 aliphatic heterocycles. The fourth-order valence-electron chi connectivity index (χ4n) is 4.50. The van der Waals surface area contributed by atoms with Crippen LogP contribution < -0.4 is 5.32 Å². The normalized spacial score (nSPS) is 15.0. The molecule has 0 bridgehead atoms. The van der Waals surface area contributed by atoms with Gasteiger partial charge in [0.2, 0.25) is 5.91 Å². The molecule has 9 heteroatoms. The van der Waals surface area contributed by atoms with Crippen LogP contribution in [-0.4, -0.2) is 49.7 Å². The Morgan fingerprint density at radius 2 is 1.71 bits per heavy atom. The molecule has 3 heterocycles. The van der Waals surface area contributed by atoms with Gasteiger partial charge in [-0.1, -0.05) is 6.07 Å². The molecule has 3 aromatic rings. The SMILES string of the molecule is Cc1cc(C)nc(-n2nc(C)c(CC(=O)NC3CCN(Cc4ccc(F)c(F)c4)CC3)c2C)n1. The lowest BCUT2D eigenvalue weighted by atomic mass is 10.0. The summed E-state index contributed by atoms with van der Waals surface area (Å²) >= 11 is 0. The third-order valence-corrected chi connectivity index (χ3v) is 6.28. The van der Waals surface area contributed by atoms with Crippen molar-refractivity contribution in [3.8, 4) is 5.95 Å². The summed E-state index contributed by atoms with van der Waals surface area (Å²) in [7, 11) is 0. The Hall–Kier alpha value is -3.20. The van der Waals surface area contributed by atoms with E-state index in [1.807, 2.05) is 33.8 Å². The van der Waals surface area contributed by atoms with Gasteiger partial charge < -0.3 is 5.32 Å². The minimum atomic E-state index is -0.831. The first-order chi connectivity index (χ1) is 16.2. The lowest BCUT2D eigenvalue weighted by molar-refractivity contribution is -0.121. The van der Waals surface area contributed by atoms with E-state index >= 15 is 0 Å². The summed E-state index contributed by atoms with van der Waals surface area (Å²) in [5, 5.41) is 7.73. The van der Waals surface area contributed by atoms with Gasteiger partial charge in [0, 0.05) is 48.3 Å². The van der Waals surface area contributed by atoms with Crippen molar-refractivity contribution in [2.45, 2.75) is 59.5 Å². The first-order valence-electron chi connectivity index (χ1n) is 11.5. The van der Waals surface area contributed by atoms with Gasteiger partial charge in [-0.25, -0.2) is 23.4 Å². The fraction of sp³-hybridized carbons (Fsp3) is 0.440. The van der Waals surface area contributed by atoms with Gasteiger partial charge in [0.05, 0.1) is 12.1 Å². The summed E-state index contributed by atoms with van der Waals surface area (Å²) in [4.78, 5) is 24.0. The standard InChI is InChI=1S/C25H30F2N6O/c1-15-11-16(2)29-25(28-15)33-18(4)21(17(3)31-33)13-24(34)30-20-7-9-32(10-8-20)14-19-5-6-22(26)23(27)12-19/h5-6,11-12,20H,7-10,13-14H2,1-4H3,(H,30,34). The molecule has 1 N–H and O–H groups in total. The van der Waals surface area contributed by atoms with Crippen LogP contribution in [0.3, 0.4) is 0 Å². The van der Waals surface area contributed by atoms with Crippen molar-refractivity contribution in [3.05, 3.63) is 69.8 Å². The van der Waals surface area contributed by atoms with E-state index < -0.39 is 11.6 Å². The summed E-state index contributed by atoms with van der Waals surface area (Å²) in [5.41, 5.74) is 5.01. The van der Waals surface area contributed by atoms with Gasteiger partial charge in [-0.3, -0.25) is 9.69 Å². The predicted octanol–water partition coefficient (Wildman–Crippen LogP) is 3.50. The van der Waals surface area contributed by atoms with E-state index in [0.717, 1.165) is 65.9 Å². The molecule has 0 radical (unpaired) electrons. The van der Waals surface area contributed by atoms with E-state index in [1.54, 1.807) is 10.7 Å². The number of benzene rings is 1. The van der Waals surface area contributed by atoms with Crippen LogP contribution in [0.5, 0.6) is 0 Å². The Labute approximate surface area is 198 Å². The number of nitrogens with zero attached hydrogens (tertiary/aromatic N) is 5. The summed E-state index contributed by atoms with van der Waals surface area (Å²) in [6.07, 6.45) is 1.86. The highest BCUT2D eigenvalue weighted by Gasteiger charge is 2.23. The van der Waals surface area contributed by atoms with Crippen LogP contribution in [0, 0.1) is 39.3 Å². The number of carbonyl (C=O) groups is 1. The average Bonchev–Trinajstić information content (AvgIpc) is 3.05. The maximum Gasteiger partial charge on any atom is 0.251 e. The summed E-state index contributed by atoms with van der Waals surface area (Å²) < 4.78 is 28.3. The third-order valence-electron chi connectivity index (χ3n) is 6.28. The second-order valence-electron chi connectivity index (χ2n) is 9.06. The van der Waals surface area contributed by atoms with E-state index in [0.29, 0.717) is 12.5 Å². The fourth-order valence-corrected chi connectivity index (χ4v) is 4.50. The Morgan fingerprint density at radius 1 is 1.03 bits per heavy atom. The number of carbonyl (C=O) groups excluding carboxylic acids is 1. The highest BCUT2D eigenvalue weighted by atomic mass is 19.2. The largest absolute Gasteiger partial charge is 0.353 e. The van der Waals surface area contributed by atoms with Gasteiger partial charge in [0.1, 0.15) is 0 Å². The minimum absolute atomic E-state index is 0.0360. The summed E-state index contributed by atoms with van der Waals surface area (Å²) in [6, 6.07) is 6.02. The number of piperidine rings is 1. The molecule has 0 aliphatic carbocycles. The van der Waals surface area contributed by atoms with E-state index in [2.05, 4.69) is 25.3 Å². The molecule has 0 atom stereocenters. The Kier molecular flexibility index (Phi) is 7.02. The van der Waals surface area contributed by atoms with Crippen LogP contribution in [0.1, 0.15) is 46.7 Å². The number of hydrogen-bond acceptors (Lipinski definition) is 5. The van der Waals surface area contributed by atoms with Crippen molar-refractivity contribution in [2.75, 3.05) is 13.1 Å². The Morgan fingerprint density at radius 3 is 2.35 bits per heavy atom. The molecule has 7 nitrogen and oxygen atoms in total. The molecule has 2 aromatic heterocycles. The molecule has 4 rings (SSSR count). The third kappa shape index (κ3) is 5.47. The molecule has 0 unspecified atom stereocenters. The molecular weight excluding hydrogens is 438 g/mol. The smallest absolute Gasteiger partial charge is 0.251 e. The molecular formula is C25H30F2N6O. The van der Waals surface area contributed by atoms with E-state index in [-0.39, 0.29) is 18.4 Å². The van der Waals surface area contributed by atoms with Gasteiger partial charge in [0.25, 0.3) is 5.95 Å². The first kappa shape index (κ1) is 23.9. The van der Waals surface area contributed by atoms with Gasteiger partial charge in [-0.05, 0) is 64.3 Å². The van der Waals surface area contributed by atoms with Crippen molar-refractivity contribution in [3.63, 3.8) is 0 Å². The molecule has 1 aromatic carbocycles. The maximum absolute atomic E-state index is 13.5. The van der Waals surface area contributed by atoms with Crippen molar-refractivity contribution in [1.29, 1.82) is 0 Å². The van der Waals surface area contributed by atoms with Gasteiger partial charge in [-0.15, -0.1) is 0 Å². The van der Waals surface area contributed by atoms with Crippen molar-refractivity contribution >= 4 is 5.91 Å². The second-order valence-corrected chi connectivity index (χ2v) is 9.06. The number of rotatable bonds is 6. The van der Waals surface area contributed by atoms with Crippen LogP contribution in [0.25, 0.3) is 5.95 Å². The minimum Gasteiger partial charge on any atom is -0.353 e. The Balaban J connectivity index is 1.33. The van der Waals surface area contributed by atoms with Gasteiger partial charge >= 0.3 is 0 Å². The molecule has 1 amide bonds. The van der Waals surface area contributed by atoms with E-state index in [9.17, 15) is 13.6 Å². The maximum atomic E-state index is 13.5. The molecule has 1 fully saturated rings. The van der Waals surface area contributed by atoms with Crippen LogP contribution >= 0.6 is 0 Å². The molecule has 0 saturated carbocycles. The zero-order valence-corrected chi connectivity index (χ0v) is 20.0. The van der Waals surface area contributed by atoms with E-state index in [4.69, 9.17) is 0 Å². The number of halogens is 2. The number of aromatic nitrogens is 4. The highest BCUT2D eigenvalue weighted by molar-refractivity contribution is 5.79. The number of likely N-dealkylation sites (tertiary alicyclic amines) is 1. The van der Waals surface area contributed by atoms with Crippen LogP contribution in [-0.2, 0) is 17.8 Å². The van der Waals surface area contributed by atoms with E-state index in [1.165, 1.54) is 6.07 Å². The molecule has 34 heavy (non-hydrogen) atoms. The molecule has 1 aliphatic rings. The quantitative estimate of drug-likeness (QED) is 0.599. The molecule has 1 saturated heterocycles. The average molecular weight is 469 g/mol. The van der Waals surface area contributed by atoms with Crippen LogP contribution in [0.2, 0.25) is 0 Å². The van der Waals surface area contributed by atoms with Crippen LogP contribution in [0.4, 0.5) is 8.78 Å². The summed E-state index contributed by atoms with van der Waals surface area (Å²) in [6.45, 7) is 9.79. The van der Waals surface area contributed by atoms with Crippen molar-refractivity contribution in [1.82, 2.24) is 30.0 Å². The summed E-state index contributed by atoms with van der Waals surface area (Å²) in [5.74, 6) is -1.18.